The molecule has 0 aliphatic heterocycles. The second-order valence-corrected chi connectivity index (χ2v) is 4.08. The summed E-state index contributed by atoms with van der Waals surface area (Å²) in [6.07, 6.45) is 5.21. The summed E-state index contributed by atoms with van der Waals surface area (Å²) in [4.78, 5) is 11.6. The van der Waals surface area contributed by atoms with Crippen molar-refractivity contribution in [1.82, 2.24) is 15.0 Å². The fourth-order valence-electron chi connectivity index (χ4n) is 1.96. The minimum absolute atomic E-state index is 0.435. The molecule has 3 N–H and O–H groups in total. The first-order chi connectivity index (χ1) is 8.24. The largest absolute Gasteiger partial charge is 0.382 e. The second-order valence-electron chi connectivity index (χ2n) is 4.08. The van der Waals surface area contributed by atoms with E-state index in [1.54, 1.807) is 12.4 Å². The average molecular weight is 224 g/mol. The van der Waals surface area contributed by atoms with Crippen LogP contribution in [0, 0.1) is 6.92 Å². The van der Waals surface area contributed by atoms with Crippen molar-refractivity contribution in [3.8, 4) is 11.3 Å². The van der Waals surface area contributed by atoms with Crippen LogP contribution in [0.15, 0.2) is 36.8 Å². The third-order valence-corrected chi connectivity index (χ3v) is 2.77. The summed E-state index contributed by atoms with van der Waals surface area (Å²) in [7, 11) is 0. The maximum Gasteiger partial charge on any atom is 0.142 e. The number of rotatable bonds is 1. The lowest BCUT2D eigenvalue weighted by atomic mass is 10.1. The summed E-state index contributed by atoms with van der Waals surface area (Å²) < 4.78 is 0. The molecule has 2 heterocycles. The fourth-order valence-corrected chi connectivity index (χ4v) is 1.96. The Hall–Kier alpha value is -2.36. The van der Waals surface area contributed by atoms with Crippen LogP contribution in [0.1, 0.15) is 5.56 Å². The highest BCUT2D eigenvalue weighted by Gasteiger charge is 2.07. The molecule has 3 rings (SSSR count). The number of hydrogen-bond donors (Lipinski definition) is 2. The van der Waals surface area contributed by atoms with E-state index < -0.39 is 0 Å². The monoisotopic (exact) mass is 224 g/mol. The van der Waals surface area contributed by atoms with E-state index in [2.05, 4.69) is 40.1 Å². The normalized spacial score (nSPS) is 10.9. The molecule has 0 fully saturated rings. The summed E-state index contributed by atoms with van der Waals surface area (Å²) in [6.45, 7) is 2.07. The van der Waals surface area contributed by atoms with Gasteiger partial charge in [0, 0.05) is 22.7 Å². The molecule has 0 atom stereocenters. The molecule has 84 valence electrons. The van der Waals surface area contributed by atoms with Crippen molar-refractivity contribution in [1.29, 1.82) is 0 Å². The molecule has 0 unspecified atom stereocenters. The molecule has 2 aromatic heterocycles. The summed E-state index contributed by atoms with van der Waals surface area (Å²) in [6, 6.07) is 6.27. The van der Waals surface area contributed by atoms with Crippen molar-refractivity contribution in [2.24, 2.45) is 0 Å². The number of aryl methyl sites for hydroxylation is 1. The predicted molar refractivity (Wildman–Crippen MR) is 68.5 cm³/mol. The number of nitrogens with zero attached hydrogens (tertiary/aromatic N) is 2. The Labute approximate surface area is 98.5 Å². The molecule has 0 spiro atoms. The zero-order valence-electron chi connectivity index (χ0n) is 9.44. The molecular formula is C13H12N4. The third-order valence-electron chi connectivity index (χ3n) is 2.77. The quantitative estimate of drug-likeness (QED) is 0.667. The molecule has 0 aliphatic carbocycles. The number of nitrogens with one attached hydrogen (secondary N) is 1. The van der Waals surface area contributed by atoms with Crippen LogP contribution in [0.4, 0.5) is 5.82 Å². The minimum atomic E-state index is 0.435. The molecule has 4 heteroatoms. The number of nitrogen functional groups attached to an aromatic ring is 1. The van der Waals surface area contributed by atoms with Crippen LogP contribution in [-0.4, -0.2) is 15.0 Å². The van der Waals surface area contributed by atoms with Gasteiger partial charge in [0.2, 0.25) is 0 Å². The van der Waals surface area contributed by atoms with E-state index in [-0.39, 0.29) is 0 Å². The van der Waals surface area contributed by atoms with Gasteiger partial charge in [0.1, 0.15) is 5.82 Å². The lowest BCUT2D eigenvalue weighted by molar-refractivity contribution is 1.22. The Bertz CT molecular complexity index is 685. The molecule has 0 aliphatic rings. The van der Waals surface area contributed by atoms with Gasteiger partial charge in [-0.2, -0.15) is 0 Å². The number of fused-ring (bicyclic) bond motifs is 1. The molecule has 0 saturated heterocycles. The van der Waals surface area contributed by atoms with E-state index in [1.807, 2.05) is 6.20 Å². The van der Waals surface area contributed by atoms with E-state index in [1.165, 1.54) is 5.56 Å². The highest BCUT2D eigenvalue weighted by molar-refractivity contribution is 5.94. The summed E-state index contributed by atoms with van der Waals surface area (Å²) >= 11 is 0. The van der Waals surface area contributed by atoms with E-state index in [0.29, 0.717) is 5.82 Å². The summed E-state index contributed by atoms with van der Waals surface area (Å²) in [5, 5.41) is 1.14. The van der Waals surface area contributed by atoms with Crippen molar-refractivity contribution < 1.29 is 0 Å². The lowest BCUT2D eigenvalue weighted by Gasteiger charge is -2.00. The summed E-state index contributed by atoms with van der Waals surface area (Å²) in [5.41, 5.74) is 9.79. The number of benzene rings is 1. The van der Waals surface area contributed by atoms with Gasteiger partial charge in [0.25, 0.3) is 0 Å². The van der Waals surface area contributed by atoms with Crippen LogP contribution in [0.25, 0.3) is 22.2 Å². The standard InChI is InChI=1S/C13H12N4/c1-8-2-3-11-9(4-8)10(5-16-11)12-6-15-7-13(14)17-12/h2-7,16H,1H3,(H2,14,17). The van der Waals surface area contributed by atoms with E-state index in [4.69, 9.17) is 5.73 Å². The highest BCUT2D eigenvalue weighted by atomic mass is 14.9. The average Bonchev–Trinajstić information content (AvgIpc) is 2.71. The maximum absolute atomic E-state index is 5.65. The molecule has 17 heavy (non-hydrogen) atoms. The van der Waals surface area contributed by atoms with Crippen LogP contribution in [0.3, 0.4) is 0 Å². The molecule has 4 nitrogen and oxygen atoms in total. The SMILES string of the molecule is Cc1ccc2[nH]cc(-c3cncc(N)n3)c2c1. The van der Waals surface area contributed by atoms with Gasteiger partial charge in [0.05, 0.1) is 18.1 Å². The molecular weight excluding hydrogens is 212 g/mol. The zero-order valence-corrected chi connectivity index (χ0v) is 9.44. The Balaban J connectivity index is 2.27. The Morgan fingerprint density at radius 2 is 2.12 bits per heavy atom. The minimum Gasteiger partial charge on any atom is -0.382 e. The molecule has 0 saturated carbocycles. The van der Waals surface area contributed by atoms with E-state index in [9.17, 15) is 0 Å². The Morgan fingerprint density at radius 3 is 2.94 bits per heavy atom. The van der Waals surface area contributed by atoms with Gasteiger partial charge >= 0.3 is 0 Å². The molecule has 3 aromatic rings. The van der Waals surface area contributed by atoms with Gasteiger partial charge in [-0.15, -0.1) is 0 Å². The molecule has 0 amide bonds. The van der Waals surface area contributed by atoms with Crippen LogP contribution >= 0.6 is 0 Å². The first-order valence-corrected chi connectivity index (χ1v) is 5.40. The Kier molecular flexibility index (Phi) is 2.08. The topological polar surface area (TPSA) is 67.6 Å². The van der Waals surface area contributed by atoms with Gasteiger partial charge in [-0.1, -0.05) is 11.6 Å². The summed E-state index contributed by atoms with van der Waals surface area (Å²) in [5.74, 6) is 0.435. The van der Waals surface area contributed by atoms with E-state index in [0.717, 1.165) is 22.2 Å². The predicted octanol–water partition coefficient (Wildman–Crippen LogP) is 2.52. The van der Waals surface area contributed by atoms with Gasteiger partial charge < -0.3 is 10.7 Å². The number of anilines is 1. The highest BCUT2D eigenvalue weighted by Crippen LogP contribution is 2.27. The lowest BCUT2D eigenvalue weighted by Crippen LogP contribution is -1.92. The number of nitrogens with two attached hydrogens (primary N) is 1. The number of hydrogen-bond acceptors (Lipinski definition) is 3. The van der Waals surface area contributed by atoms with Gasteiger partial charge in [-0.3, -0.25) is 4.98 Å². The van der Waals surface area contributed by atoms with Crippen LogP contribution in [-0.2, 0) is 0 Å². The fraction of sp³-hybridized carbons (Fsp3) is 0.0769. The van der Waals surface area contributed by atoms with Gasteiger partial charge in [0.15, 0.2) is 0 Å². The van der Waals surface area contributed by atoms with Crippen molar-refractivity contribution in [2.45, 2.75) is 6.92 Å². The van der Waals surface area contributed by atoms with Crippen molar-refractivity contribution in [3.05, 3.63) is 42.4 Å². The zero-order chi connectivity index (χ0) is 11.8. The van der Waals surface area contributed by atoms with Gasteiger partial charge in [-0.05, 0) is 19.1 Å². The van der Waals surface area contributed by atoms with Crippen molar-refractivity contribution in [2.75, 3.05) is 5.73 Å². The molecule has 0 radical (unpaired) electrons. The van der Waals surface area contributed by atoms with Crippen LogP contribution < -0.4 is 5.73 Å². The van der Waals surface area contributed by atoms with E-state index >= 15 is 0 Å². The number of aromatic amines is 1. The molecule has 1 aromatic carbocycles. The first kappa shape index (κ1) is 9.84. The number of aromatic nitrogens is 3. The smallest absolute Gasteiger partial charge is 0.142 e. The van der Waals surface area contributed by atoms with Crippen molar-refractivity contribution >= 4 is 16.7 Å². The maximum atomic E-state index is 5.65. The number of H-pyrrole nitrogens is 1. The van der Waals surface area contributed by atoms with Crippen molar-refractivity contribution in [3.63, 3.8) is 0 Å². The van der Waals surface area contributed by atoms with Crippen LogP contribution in [0.2, 0.25) is 0 Å². The van der Waals surface area contributed by atoms with Crippen LogP contribution in [0.5, 0.6) is 0 Å². The first-order valence-electron chi connectivity index (χ1n) is 5.40. The molecule has 0 bridgehead atoms. The second kappa shape index (κ2) is 3.59. The third kappa shape index (κ3) is 1.63. The van der Waals surface area contributed by atoms with Gasteiger partial charge in [-0.25, -0.2) is 4.98 Å². The Morgan fingerprint density at radius 1 is 1.24 bits per heavy atom.